The number of nitrogens with zero attached hydrogens (tertiary/aromatic N) is 1. The van der Waals surface area contributed by atoms with Crippen molar-refractivity contribution in [3.63, 3.8) is 0 Å². The van der Waals surface area contributed by atoms with Crippen molar-refractivity contribution < 1.29 is 5.11 Å². The van der Waals surface area contributed by atoms with Gasteiger partial charge in [0.15, 0.2) is 5.75 Å². The Balaban J connectivity index is 2.89. The van der Waals surface area contributed by atoms with Crippen LogP contribution in [0.15, 0.2) is 24.3 Å². The van der Waals surface area contributed by atoms with Crippen molar-refractivity contribution in [1.29, 1.82) is 0 Å². The van der Waals surface area contributed by atoms with Crippen molar-refractivity contribution in [1.82, 2.24) is 0 Å². The summed E-state index contributed by atoms with van der Waals surface area (Å²) in [7, 11) is 3.89. The number of benzene rings is 1. The van der Waals surface area contributed by atoms with E-state index < -0.39 is 0 Å². The van der Waals surface area contributed by atoms with Crippen LogP contribution in [-0.4, -0.2) is 14.1 Å². The lowest BCUT2D eigenvalue weighted by molar-refractivity contribution is 0.355. The van der Waals surface area contributed by atoms with E-state index in [0.717, 1.165) is 5.69 Å². The molecule has 0 saturated carbocycles. The van der Waals surface area contributed by atoms with Crippen LogP contribution in [0.4, 0.5) is 5.69 Å². The summed E-state index contributed by atoms with van der Waals surface area (Å²) in [5.41, 5.74) is 1.06. The van der Waals surface area contributed by atoms with Gasteiger partial charge in [0.1, 0.15) is 0 Å². The predicted octanol–water partition coefficient (Wildman–Crippen LogP) is 1.90. The van der Waals surface area contributed by atoms with Crippen LogP contribution < -0.4 is 4.90 Å². The van der Waals surface area contributed by atoms with E-state index in [1.165, 1.54) is 0 Å². The normalized spacial score (nSPS) is 9.40. The Morgan fingerprint density at radius 3 is 2.00 bits per heavy atom. The molecule has 0 heterocycles. The number of rotatable bonds is 1. The summed E-state index contributed by atoms with van der Waals surface area (Å²) in [6.07, 6.45) is 0. The Hall–Kier alpha value is -1.18. The molecule has 0 amide bonds. The first-order chi connectivity index (χ1) is 4.70. The first-order valence-corrected chi connectivity index (χ1v) is 3.14. The summed E-state index contributed by atoms with van der Waals surface area (Å²) < 4.78 is 0. The number of anilines is 1. The summed E-state index contributed by atoms with van der Waals surface area (Å²) in [5, 5.41) is 10.6. The second kappa shape index (κ2) is 2.60. The Labute approximate surface area is 60.7 Å². The molecule has 0 saturated heterocycles. The molecule has 0 fully saturated rings. The molecule has 0 N–H and O–H groups in total. The van der Waals surface area contributed by atoms with E-state index in [-0.39, 0.29) is 5.75 Å². The van der Waals surface area contributed by atoms with E-state index in [2.05, 4.69) is 0 Å². The van der Waals surface area contributed by atoms with Gasteiger partial charge in [-0.1, -0.05) is 0 Å². The second-order valence-corrected chi connectivity index (χ2v) is 2.39. The summed E-state index contributed by atoms with van der Waals surface area (Å²) in [6.45, 7) is 0. The summed E-state index contributed by atoms with van der Waals surface area (Å²) >= 11 is 0. The molecule has 2 nitrogen and oxygen atoms in total. The van der Waals surface area contributed by atoms with Gasteiger partial charge in [-0.25, -0.2) is 0 Å². The lowest BCUT2D eigenvalue weighted by Crippen LogP contribution is -2.07. The molecule has 10 heavy (non-hydrogen) atoms. The summed E-state index contributed by atoms with van der Waals surface area (Å²) in [6, 6.07) is 6.75. The third-order valence-corrected chi connectivity index (χ3v) is 1.35. The van der Waals surface area contributed by atoms with Crippen molar-refractivity contribution in [2.24, 2.45) is 0 Å². The second-order valence-electron chi connectivity index (χ2n) is 2.39. The number of hydrogen-bond donors (Lipinski definition) is 0. The van der Waals surface area contributed by atoms with Gasteiger partial charge in [0.05, 0.1) is 0 Å². The van der Waals surface area contributed by atoms with Crippen molar-refractivity contribution in [2.45, 2.75) is 0 Å². The molecular weight excluding hydrogens is 126 g/mol. The highest BCUT2D eigenvalue weighted by Gasteiger charge is 1.93. The Morgan fingerprint density at radius 2 is 1.60 bits per heavy atom. The maximum absolute atomic E-state index is 10.6. The third kappa shape index (κ3) is 1.41. The van der Waals surface area contributed by atoms with Gasteiger partial charge < -0.3 is 4.90 Å². The lowest BCUT2D eigenvalue weighted by Gasteiger charge is -2.10. The molecule has 0 aliphatic carbocycles. The minimum Gasteiger partial charge on any atom is -0.378 e. The van der Waals surface area contributed by atoms with Gasteiger partial charge in [0.2, 0.25) is 0 Å². The summed E-state index contributed by atoms with van der Waals surface area (Å²) in [4.78, 5) is 1.96. The van der Waals surface area contributed by atoms with Crippen molar-refractivity contribution >= 4 is 5.69 Å². The lowest BCUT2D eigenvalue weighted by atomic mass is 10.3. The quantitative estimate of drug-likeness (QED) is 0.578. The van der Waals surface area contributed by atoms with E-state index in [4.69, 9.17) is 0 Å². The van der Waals surface area contributed by atoms with Gasteiger partial charge >= 0.3 is 0 Å². The van der Waals surface area contributed by atoms with E-state index in [9.17, 15) is 5.11 Å². The predicted molar refractivity (Wildman–Crippen MR) is 40.9 cm³/mol. The van der Waals surface area contributed by atoms with Crippen LogP contribution in [0.3, 0.4) is 0 Å². The van der Waals surface area contributed by atoms with Crippen molar-refractivity contribution in [3.8, 4) is 5.75 Å². The molecule has 1 aromatic rings. The van der Waals surface area contributed by atoms with E-state index >= 15 is 0 Å². The van der Waals surface area contributed by atoms with E-state index in [0.29, 0.717) is 0 Å². The van der Waals surface area contributed by atoms with Crippen molar-refractivity contribution in [2.75, 3.05) is 19.0 Å². The van der Waals surface area contributed by atoms with E-state index in [1.807, 2.05) is 31.1 Å². The molecule has 0 bridgehead atoms. The van der Waals surface area contributed by atoms with Crippen LogP contribution >= 0.6 is 0 Å². The van der Waals surface area contributed by atoms with Crippen LogP contribution in [0.5, 0.6) is 5.75 Å². The molecule has 0 unspecified atom stereocenters. The fraction of sp³-hybridized carbons (Fsp3) is 0.250. The molecule has 0 spiro atoms. The monoisotopic (exact) mass is 136 g/mol. The molecule has 0 aliphatic heterocycles. The van der Waals surface area contributed by atoms with Gasteiger partial charge in [-0.3, -0.25) is 5.11 Å². The Kier molecular flexibility index (Phi) is 1.81. The topological polar surface area (TPSA) is 23.1 Å². The van der Waals surface area contributed by atoms with Crippen LogP contribution in [-0.2, 0) is 5.11 Å². The van der Waals surface area contributed by atoms with Gasteiger partial charge in [-0.2, -0.15) is 0 Å². The number of hydrogen-bond acceptors (Lipinski definition) is 1. The molecule has 0 atom stereocenters. The zero-order valence-electron chi connectivity index (χ0n) is 6.16. The Bertz CT molecular complexity index is 203. The summed E-state index contributed by atoms with van der Waals surface area (Å²) in [5.74, 6) is 0.0607. The fourth-order valence-electron chi connectivity index (χ4n) is 0.744. The molecular formula is C8H10NO. The fourth-order valence-corrected chi connectivity index (χ4v) is 0.744. The van der Waals surface area contributed by atoms with Gasteiger partial charge in [-0.05, 0) is 24.3 Å². The largest absolute Gasteiger partial charge is 0.378 e. The smallest absolute Gasteiger partial charge is 0.178 e. The first kappa shape index (κ1) is 6.93. The molecule has 0 aliphatic rings. The average molecular weight is 136 g/mol. The van der Waals surface area contributed by atoms with Gasteiger partial charge in [-0.15, -0.1) is 0 Å². The maximum Gasteiger partial charge on any atom is 0.178 e. The maximum atomic E-state index is 10.6. The first-order valence-electron chi connectivity index (χ1n) is 3.14. The molecule has 53 valence electrons. The molecule has 1 radical (unpaired) electrons. The highest BCUT2D eigenvalue weighted by atomic mass is 16.3. The third-order valence-electron chi connectivity index (χ3n) is 1.35. The molecule has 2 heteroatoms. The highest BCUT2D eigenvalue weighted by molar-refractivity contribution is 5.47. The zero-order chi connectivity index (χ0) is 7.56. The molecule has 1 rings (SSSR count). The molecule has 1 aromatic carbocycles. The van der Waals surface area contributed by atoms with Crippen LogP contribution in [0.25, 0.3) is 0 Å². The van der Waals surface area contributed by atoms with Crippen LogP contribution in [0.1, 0.15) is 0 Å². The minimum absolute atomic E-state index is 0.0607. The minimum atomic E-state index is 0.0607. The molecule has 0 aromatic heterocycles. The average Bonchev–Trinajstić information content (AvgIpc) is 1.88. The zero-order valence-corrected chi connectivity index (χ0v) is 6.16. The van der Waals surface area contributed by atoms with Crippen LogP contribution in [0.2, 0.25) is 0 Å². The highest BCUT2D eigenvalue weighted by Crippen LogP contribution is 2.15. The van der Waals surface area contributed by atoms with Crippen LogP contribution in [0, 0.1) is 0 Å². The SMILES string of the molecule is CN(C)c1ccc([O])cc1. The van der Waals surface area contributed by atoms with Gasteiger partial charge in [0, 0.05) is 19.8 Å². The standard InChI is InChI=1S/C8H10NO/c1-9(2)7-3-5-8(10)6-4-7/h3-6H,1-2H3. The Morgan fingerprint density at radius 1 is 1.10 bits per heavy atom. The van der Waals surface area contributed by atoms with E-state index in [1.54, 1.807) is 12.1 Å². The van der Waals surface area contributed by atoms with Crippen molar-refractivity contribution in [3.05, 3.63) is 24.3 Å². The van der Waals surface area contributed by atoms with Gasteiger partial charge in [0.25, 0.3) is 0 Å².